The predicted octanol–water partition coefficient (Wildman–Crippen LogP) is 2.86. The van der Waals surface area contributed by atoms with Crippen LogP contribution in [0.2, 0.25) is 0 Å². The van der Waals surface area contributed by atoms with E-state index in [1.807, 2.05) is 18.2 Å². The molecule has 1 aromatic carbocycles. The van der Waals surface area contributed by atoms with Crippen molar-refractivity contribution in [3.8, 4) is 11.3 Å². The molecular weight excluding hydrogens is 256 g/mol. The van der Waals surface area contributed by atoms with Crippen molar-refractivity contribution < 1.29 is 4.74 Å². The molecule has 2 N–H and O–H groups in total. The largest absolute Gasteiger partial charge is 0.381 e. The standard InChI is InChI=1S/C15H18N2OS/c16-15(6-8-18-9-7-15)10-14-17-13(11-19-14)12-4-2-1-3-5-12/h1-5,11H,6-10,16H2. The summed E-state index contributed by atoms with van der Waals surface area (Å²) in [4.78, 5) is 4.72. The van der Waals surface area contributed by atoms with Gasteiger partial charge in [0.1, 0.15) is 0 Å². The van der Waals surface area contributed by atoms with E-state index in [1.54, 1.807) is 11.3 Å². The Hall–Kier alpha value is -1.23. The molecule has 2 aromatic rings. The average molecular weight is 274 g/mol. The van der Waals surface area contributed by atoms with Gasteiger partial charge in [0, 0.05) is 36.1 Å². The summed E-state index contributed by atoms with van der Waals surface area (Å²) in [5.74, 6) is 0. The Bertz CT molecular complexity index is 532. The van der Waals surface area contributed by atoms with E-state index in [0.29, 0.717) is 0 Å². The van der Waals surface area contributed by atoms with Crippen LogP contribution in [0.4, 0.5) is 0 Å². The molecule has 0 amide bonds. The van der Waals surface area contributed by atoms with Crippen molar-refractivity contribution in [2.45, 2.75) is 24.8 Å². The van der Waals surface area contributed by atoms with Crippen LogP contribution in [0.15, 0.2) is 35.7 Å². The smallest absolute Gasteiger partial charge is 0.0950 e. The summed E-state index contributed by atoms with van der Waals surface area (Å²) in [5.41, 5.74) is 8.51. The van der Waals surface area contributed by atoms with Gasteiger partial charge in [0.25, 0.3) is 0 Å². The minimum absolute atomic E-state index is 0.135. The SMILES string of the molecule is NC1(Cc2nc(-c3ccccc3)cs2)CCOCC1. The third-order valence-electron chi connectivity index (χ3n) is 3.61. The molecule has 4 heteroatoms. The third kappa shape index (κ3) is 3.03. The van der Waals surface area contributed by atoms with Crippen LogP contribution >= 0.6 is 11.3 Å². The molecule has 1 aromatic heterocycles. The van der Waals surface area contributed by atoms with Crippen LogP contribution in [0.1, 0.15) is 17.8 Å². The Morgan fingerprint density at radius 1 is 1.21 bits per heavy atom. The van der Waals surface area contributed by atoms with Gasteiger partial charge in [-0.25, -0.2) is 4.98 Å². The van der Waals surface area contributed by atoms with E-state index in [0.717, 1.165) is 43.2 Å². The molecule has 1 aliphatic rings. The first-order valence-corrected chi connectivity index (χ1v) is 7.50. The van der Waals surface area contributed by atoms with Crippen LogP contribution in [-0.2, 0) is 11.2 Å². The van der Waals surface area contributed by atoms with Crippen LogP contribution in [-0.4, -0.2) is 23.7 Å². The fourth-order valence-corrected chi connectivity index (χ4v) is 3.35. The molecule has 1 aliphatic heterocycles. The number of aromatic nitrogens is 1. The summed E-state index contributed by atoms with van der Waals surface area (Å²) in [6.07, 6.45) is 2.70. The van der Waals surface area contributed by atoms with Gasteiger partial charge in [-0.15, -0.1) is 11.3 Å². The number of rotatable bonds is 3. The second-order valence-corrected chi connectivity index (χ2v) is 6.09. The Morgan fingerprint density at radius 3 is 2.68 bits per heavy atom. The molecule has 0 unspecified atom stereocenters. The second kappa shape index (κ2) is 5.41. The van der Waals surface area contributed by atoms with Crippen molar-refractivity contribution in [2.24, 2.45) is 5.73 Å². The highest BCUT2D eigenvalue weighted by Crippen LogP contribution is 2.27. The van der Waals surface area contributed by atoms with Crippen molar-refractivity contribution in [3.05, 3.63) is 40.7 Å². The predicted molar refractivity (Wildman–Crippen MR) is 78.2 cm³/mol. The molecule has 2 heterocycles. The highest BCUT2D eigenvalue weighted by Gasteiger charge is 2.29. The fourth-order valence-electron chi connectivity index (χ4n) is 2.39. The first-order chi connectivity index (χ1) is 9.25. The summed E-state index contributed by atoms with van der Waals surface area (Å²) in [5, 5.41) is 3.25. The van der Waals surface area contributed by atoms with Crippen LogP contribution in [0.5, 0.6) is 0 Å². The highest BCUT2D eigenvalue weighted by atomic mass is 32.1. The van der Waals surface area contributed by atoms with E-state index in [1.165, 1.54) is 5.56 Å². The van der Waals surface area contributed by atoms with Crippen molar-refractivity contribution in [3.63, 3.8) is 0 Å². The summed E-state index contributed by atoms with van der Waals surface area (Å²) < 4.78 is 5.38. The quantitative estimate of drug-likeness (QED) is 0.936. The number of benzene rings is 1. The molecule has 0 aliphatic carbocycles. The van der Waals surface area contributed by atoms with Gasteiger partial charge in [-0.05, 0) is 12.8 Å². The zero-order chi connectivity index (χ0) is 13.1. The molecule has 100 valence electrons. The van der Waals surface area contributed by atoms with Crippen molar-refractivity contribution in [2.75, 3.05) is 13.2 Å². The van der Waals surface area contributed by atoms with Gasteiger partial charge in [0.2, 0.25) is 0 Å². The molecular formula is C15H18N2OS. The van der Waals surface area contributed by atoms with Gasteiger partial charge in [-0.3, -0.25) is 0 Å². The number of nitrogens with zero attached hydrogens (tertiary/aromatic N) is 1. The lowest BCUT2D eigenvalue weighted by Gasteiger charge is -2.32. The highest BCUT2D eigenvalue weighted by molar-refractivity contribution is 7.09. The Morgan fingerprint density at radius 2 is 1.95 bits per heavy atom. The number of ether oxygens (including phenoxy) is 1. The van der Waals surface area contributed by atoms with E-state index in [-0.39, 0.29) is 5.54 Å². The molecule has 0 bridgehead atoms. The summed E-state index contributed by atoms with van der Waals surface area (Å²) in [6.45, 7) is 1.54. The maximum absolute atomic E-state index is 6.43. The van der Waals surface area contributed by atoms with Crippen LogP contribution in [0.3, 0.4) is 0 Å². The van der Waals surface area contributed by atoms with Gasteiger partial charge in [-0.2, -0.15) is 0 Å². The van der Waals surface area contributed by atoms with E-state index in [4.69, 9.17) is 15.5 Å². The van der Waals surface area contributed by atoms with E-state index in [9.17, 15) is 0 Å². The van der Waals surface area contributed by atoms with Crippen LogP contribution < -0.4 is 5.73 Å². The minimum Gasteiger partial charge on any atom is -0.381 e. The lowest BCUT2D eigenvalue weighted by atomic mass is 9.88. The van der Waals surface area contributed by atoms with Crippen LogP contribution in [0, 0.1) is 0 Å². The lowest BCUT2D eigenvalue weighted by molar-refractivity contribution is 0.0533. The summed E-state index contributed by atoms with van der Waals surface area (Å²) in [6, 6.07) is 10.3. The van der Waals surface area contributed by atoms with Gasteiger partial charge in [0.15, 0.2) is 0 Å². The molecule has 19 heavy (non-hydrogen) atoms. The molecule has 3 rings (SSSR count). The minimum atomic E-state index is -0.135. The fraction of sp³-hybridized carbons (Fsp3) is 0.400. The monoisotopic (exact) mass is 274 g/mol. The number of nitrogens with two attached hydrogens (primary N) is 1. The maximum Gasteiger partial charge on any atom is 0.0950 e. The topological polar surface area (TPSA) is 48.1 Å². The average Bonchev–Trinajstić information content (AvgIpc) is 2.88. The number of hydrogen-bond donors (Lipinski definition) is 1. The Labute approximate surface area is 117 Å². The number of thiazole rings is 1. The molecule has 0 radical (unpaired) electrons. The summed E-state index contributed by atoms with van der Waals surface area (Å²) in [7, 11) is 0. The zero-order valence-corrected chi connectivity index (χ0v) is 11.7. The Balaban J connectivity index is 1.75. The molecule has 0 spiro atoms. The van der Waals surface area contributed by atoms with Crippen molar-refractivity contribution in [1.29, 1.82) is 0 Å². The molecule has 3 nitrogen and oxygen atoms in total. The van der Waals surface area contributed by atoms with E-state index >= 15 is 0 Å². The van der Waals surface area contributed by atoms with E-state index in [2.05, 4.69) is 17.5 Å². The lowest BCUT2D eigenvalue weighted by Crippen LogP contribution is -2.46. The van der Waals surface area contributed by atoms with E-state index < -0.39 is 0 Å². The molecule has 1 fully saturated rings. The van der Waals surface area contributed by atoms with Gasteiger partial charge in [-0.1, -0.05) is 30.3 Å². The second-order valence-electron chi connectivity index (χ2n) is 5.14. The maximum atomic E-state index is 6.43. The zero-order valence-electron chi connectivity index (χ0n) is 10.8. The van der Waals surface area contributed by atoms with Gasteiger partial charge >= 0.3 is 0 Å². The summed E-state index contributed by atoms with van der Waals surface area (Å²) >= 11 is 1.70. The molecule has 0 saturated carbocycles. The van der Waals surface area contributed by atoms with Gasteiger partial charge in [0.05, 0.1) is 10.7 Å². The number of hydrogen-bond acceptors (Lipinski definition) is 4. The van der Waals surface area contributed by atoms with Crippen molar-refractivity contribution in [1.82, 2.24) is 4.98 Å². The van der Waals surface area contributed by atoms with Crippen LogP contribution in [0.25, 0.3) is 11.3 Å². The molecule has 1 saturated heterocycles. The first kappa shape index (κ1) is 12.8. The van der Waals surface area contributed by atoms with Gasteiger partial charge < -0.3 is 10.5 Å². The third-order valence-corrected chi connectivity index (χ3v) is 4.46. The first-order valence-electron chi connectivity index (χ1n) is 6.62. The normalized spacial score (nSPS) is 18.4. The molecule has 0 atom stereocenters. The van der Waals surface area contributed by atoms with Crippen molar-refractivity contribution >= 4 is 11.3 Å². The Kier molecular flexibility index (Phi) is 3.64.